The van der Waals surface area contributed by atoms with Crippen LogP contribution in [0.15, 0.2) is 42.5 Å². The molecule has 1 nitrogen and oxygen atoms in total. The van der Waals surface area contributed by atoms with Crippen molar-refractivity contribution in [3.8, 4) is 11.1 Å². The van der Waals surface area contributed by atoms with Gasteiger partial charge >= 0.3 is 0 Å². The van der Waals surface area contributed by atoms with Crippen LogP contribution in [0, 0.1) is 0 Å². The lowest BCUT2D eigenvalue weighted by atomic mass is 9.98. The molecule has 0 saturated heterocycles. The molecule has 0 bridgehead atoms. The number of thiol groups is 1. The van der Waals surface area contributed by atoms with Gasteiger partial charge in [-0.15, -0.1) is 12.6 Å². The van der Waals surface area contributed by atoms with Gasteiger partial charge in [0.15, 0.2) is 5.12 Å². The van der Waals surface area contributed by atoms with Gasteiger partial charge in [0.2, 0.25) is 0 Å². The van der Waals surface area contributed by atoms with Crippen molar-refractivity contribution in [3.05, 3.63) is 59.2 Å². The molecule has 0 atom stereocenters. The van der Waals surface area contributed by atoms with E-state index in [9.17, 15) is 4.79 Å². The van der Waals surface area contributed by atoms with Gasteiger partial charge in [-0.25, -0.2) is 0 Å². The molecule has 1 aliphatic carbocycles. The maximum atomic E-state index is 11.0. The Morgan fingerprint density at radius 1 is 1.06 bits per heavy atom. The van der Waals surface area contributed by atoms with Crippen molar-refractivity contribution in [3.63, 3.8) is 0 Å². The number of hydrogen-bond donors (Lipinski definition) is 1. The average molecular weight is 254 g/mol. The van der Waals surface area contributed by atoms with E-state index in [1.807, 2.05) is 0 Å². The number of carbonyl (C=O) groups is 1. The smallest absolute Gasteiger partial charge is 0.186 e. The fourth-order valence-electron chi connectivity index (χ4n) is 2.70. The van der Waals surface area contributed by atoms with Crippen LogP contribution in [0.5, 0.6) is 0 Å². The Labute approximate surface area is 112 Å². The van der Waals surface area contributed by atoms with Crippen molar-refractivity contribution in [2.45, 2.75) is 19.3 Å². The number of benzene rings is 2. The molecule has 0 heterocycles. The molecule has 1 aliphatic rings. The molecule has 2 heteroatoms. The monoisotopic (exact) mass is 254 g/mol. The Morgan fingerprint density at radius 2 is 1.83 bits per heavy atom. The van der Waals surface area contributed by atoms with Gasteiger partial charge in [-0.3, -0.25) is 4.79 Å². The number of fused-ring (bicyclic) bond motifs is 3. The number of aryl methyl sites for hydroxylation is 1. The van der Waals surface area contributed by atoms with Gasteiger partial charge in [-0.2, -0.15) is 0 Å². The van der Waals surface area contributed by atoms with E-state index in [1.165, 1.54) is 27.8 Å². The van der Waals surface area contributed by atoms with Crippen LogP contribution in [0.2, 0.25) is 0 Å². The second-order valence-corrected chi connectivity index (χ2v) is 5.17. The lowest BCUT2D eigenvalue weighted by Crippen LogP contribution is -1.96. The van der Waals surface area contributed by atoms with Crippen LogP contribution < -0.4 is 0 Å². The summed E-state index contributed by atoms with van der Waals surface area (Å²) >= 11 is 3.84. The van der Waals surface area contributed by atoms with Gasteiger partial charge in [-0.1, -0.05) is 42.5 Å². The number of hydrogen-bond acceptors (Lipinski definition) is 1. The summed E-state index contributed by atoms with van der Waals surface area (Å²) in [7, 11) is 0. The van der Waals surface area contributed by atoms with E-state index in [1.54, 1.807) is 0 Å². The van der Waals surface area contributed by atoms with Gasteiger partial charge in [0.05, 0.1) is 0 Å². The third-order valence-electron chi connectivity index (χ3n) is 3.56. The van der Waals surface area contributed by atoms with Crippen molar-refractivity contribution in [2.75, 3.05) is 0 Å². The van der Waals surface area contributed by atoms with Crippen LogP contribution in [-0.4, -0.2) is 5.12 Å². The highest BCUT2D eigenvalue weighted by molar-refractivity contribution is 7.96. The minimum atomic E-state index is -0.0388. The highest BCUT2D eigenvalue weighted by Gasteiger charge is 2.19. The summed E-state index contributed by atoms with van der Waals surface area (Å²) in [6, 6.07) is 14.9. The maximum absolute atomic E-state index is 11.0. The normalized spacial score (nSPS) is 12.1. The van der Waals surface area contributed by atoms with Gasteiger partial charge in [0.25, 0.3) is 0 Å². The van der Waals surface area contributed by atoms with E-state index in [-0.39, 0.29) is 5.12 Å². The molecule has 0 fully saturated rings. The van der Waals surface area contributed by atoms with Crippen LogP contribution in [0.1, 0.15) is 23.1 Å². The van der Waals surface area contributed by atoms with Crippen molar-refractivity contribution in [1.29, 1.82) is 0 Å². The zero-order chi connectivity index (χ0) is 12.5. The highest BCUT2D eigenvalue weighted by Crippen LogP contribution is 2.38. The molecule has 0 saturated carbocycles. The summed E-state index contributed by atoms with van der Waals surface area (Å²) in [4.78, 5) is 11.0. The van der Waals surface area contributed by atoms with Crippen molar-refractivity contribution < 1.29 is 4.79 Å². The van der Waals surface area contributed by atoms with Crippen LogP contribution in [0.4, 0.5) is 0 Å². The lowest BCUT2D eigenvalue weighted by Gasteiger charge is -2.07. The molecule has 2 aromatic rings. The molecular weight excluding hydrogens is 240 g/mol. The molecule has 0 radical (unpaired) electrons. The van der Waals surface area contributed by atoms with E-state index in [0.717, 1.165) is 12.8 Å². The van der Waals surface area contributed by atoms with Crippen molar-refractivity contribution in [1.82, 2.24) is 0 Å². The SMILES string of the molecule is O=C(S)CCc1cccc2c1Cc1ccccc1-2. The molecule has 0 aliphatic heterocycles. The predicted molar refractivity (Wildman–Crippen MR) is 77.0 cm³/mol. The first-order chi connectivity index (χ1) is 8.75. The Hall–Kier alpha value is -1.54. The Morgan fingerprint density at radius 3 is 2.67 bits per heavy atom. The van der Waals surface area contributed by atoms with Crippen molar-refractivity contribution in [2.24, 2.45) is 0 Å². The number of carbonyl (C=O) groups excluding carboxylic acids is 1. The van der Waals surface area contributed by atoms with E-state index in [4.69, 9.17) is 0 Å². The zero-order valence-electron chi connectivity index (χ0n) is 10.0. The quantitative estimate of drug-likeness (QED) is 0.706. The molecule has 0 aromatic heterocycles. The highest BCUT2D eigenvalue weighted by atomic mass is 32.1. The summed E-state index contributed by atoms with van der Waals surface area (Å²) in [6.45, 7) is 0. The fourth-order valence-corrected chi connectivity index (χ4v) is 2.81. The third-order valence-corrected chi connectivity index (χ3v) is 3.78. The second kappa shape index (κ2) is 4.62. The summed E-state index contributed by atoms with van der Waals surface area (Å²) in [5, 5.41) is -0.0388. The Bertz CT molecular complexity index is 616. The van der Waals surface area contributed by atoms with E-state index in [2.05, 4.69) is 55.1 Å². The van der Waals surface area contributed by atoms with Crippen LogP contribution >= 0.6 is 12.6 Å². The minimum absolute atomic E-state index is 0.0388. The van der Waals surface area contributed by atoms with Gasteiger partial charge in [0, 0.05) is 6.42 Å². The lowest BCUT2D eigenvalue weighted by molar-refractivity contribution is -0.110. The fraction of sp³-hybridized carbons (Fsp3) is 0.188. The second-order valence-electron chi connectivity index (χ2n) is 4.67. The zero-order valence-corrected chi connectivity index (χ0v) is 10.9. The molecule has 3 rings (SSSR count). The van der Waals surface area contributed by atoms with E-state index in [0.29, 0.717) is 6.42 Å². The summed E-state index contributed by atoms with van der Waals surface area (Å²) in [5.74, 6) is 0. The predicted octanol–water partition coefficient (Wildman–Crippen LogP) is 3.65. The molecule has 0 amide bonds. The van der Waals surface area contributed by atoms with Gasteiger partial charge < -0.3 is 0 Å². The average Bonchev–Trinajstić information content (AvgIpc) is 2.75. The first-order valence-corrected chi connectivity index (χ1v) is 6.61. The third kappa shape index (κ3) is 1.97. The van der Waals surface area contributed by atoms with Gasteiger partial charge in [-0.05, 0) is 40.7 Å². The topological polar surface area (TPSA) is 17.1 Å². The van der Waals surface area contributed by atoms with Crippen molar-refractivity contribution >= 4 is 17.7 Å². The molecule has 0 N–H and O–H groups in total. The van der Waals surface area contributed by atoms with E-state index < -0.39 is 0 Å². The summed E-state index contributed by atoms with van der Waals surface area (Å²) < 4.78 is 0. The molecule has 0 unspecified atom stereocenters. The summed E-state index contributed by atoms with van der Waals surface area (Å²) in [6.07, 6.45) is 2.29. The molecule has 2 aromatic carbocycles. The standard InChI is InChI=1S/C16H14OS/c17-16(18)9-8-11-5-3-7-14-13-6-2-1-4-12(13)10-15(11)14/h1-7H,8-10H2,(H,17,18). The number of rotatable bonds is 3. The Kier molecular flexibility index (Phi) is 2.96. The molecule has 0 spiro atoms. The molecular formula is C16H14OS. The molecule has 18 heavy (non-hydrogen) atoms. The van der Waals surface area contributed by atoms with E-state index >= 15 is 0 Å². The maximum Gasteiger partial charge on any atom is 0.186 e. The first kappa shape index (κ1) is 11.5. The van der Waals surface area contributed by atoms with Crippen LogP contribution in [0.3, 0.4) is 0 Å². The minimum Gasteiger partial charge on any atom is -0.287 e. The van der Waals surface area contributed by atoms with Gasteiger partial charge in [0.1, 0.15) is 0 Å². The van der Waals surface area contributed by atoms with Crippen LogP contribution in [-0.2, 0) is 17.6 Å². The summed E-state index contributed by atoms with van der Waals surface area (Å²) in [5.41, 5.74) is 6.72. The Balaban J connectivity index is 2.00. The first-order valence-electron chi connectivity index (χ1n) is 6.16. The largest absolute Gasteiger partial charge is 0.287 e. The van der Waals surface area contributed by atoms with Crippen LogP contribution in [0.25, 0.3) is 11.1 Å². The molecule has 90 valence electrons.